The van der Waals surface area contributed by atoms with E-state index in [1.807, 2.05) is 6.92 Å². The van der Waals surface area contributed by atoms with E-state index in [1.54, 1.807) is 13.0 Å². The summed E-state index contributed by atoms with van der Waals surface area (Å²) >= 11 is 0. The Balaban J connectivity index is 2.58. The minimum atomic E-state index is -0.489. The minimum absolute atomic E-state index is 0.106. The average molecular weight is 250 g/mol. The normalized spacial score (nSPS) is 12.9. The molecule has 0 aliphatic heterocycles. The predicted octanol–water partition coefficient (Wildman–Crippen LogP) is 2.96. The zero-order valence-electron chi connectivity index (χ0n) is 10.5. The van der Waals surface area contributed by atoms with Gasteiger partial charge < -0.3 is 5.73 Å². The van der Waals surface area contributed by atoms with E-state index in [9.17, 15) is 8.78 Å². The van der Waals surface area contributed by atoms with E-state index in [1.165, 1.54) is 0 Å². The first-order chi connectivity index (χ1) is 8.52. The van der Waals surface area contributed by atoms with Crippen LogP contribution < -0.4 is 5.73 Å². The van der Waals surface area contributed by atoms with Crippen LogP contribution in [0.2, 0.25) is 0 Å². The van der Waals surface area contributed by atoms with Crippen molar-refractivity contribution < 1.29 is 8.78 Å². The largest absolute Gasteiger partial charge is 0.330 e. The fourth-order valence-electron chi connectivity index (χ4n) is 2.07. The Kier molecular flexibility index (Phi) is 3.57. The lowest BCUT2D eigenvalue weighted by Gasteiger charge is -2.11. The van der Waals surface area contributed by atoms with Crippen LogP contribution in [0.25, 0.3) is 10.9 Å². The van der Waals surface area contributed by atoms with E-state index in [4.69, 9.17) is 5.73 Å². The molecule has 0 aliphatic rings. The molecule has 1 atom stereocenters. The topological polar surface area (TPSA) is 38.9 Å². The molecule has 0 amide bonds. The lowest BCUT2D eigenvalue weighted by Crippen LogP contribution is -2.14. The Hall–Kier alpha value is -1.55. The summed E-state index contributed by atoms with van der Waals surface area (Å²) in [5.41, 5.74) is 7.13. The summed E-state index contributed by atoms with van der Waals surface area (Å²) in [6.45, 7) is 4.32. The van der Waals surface area contributed by atoms with Crippen molar-refractivity contribution in [2.24, 2.45) is 11.7 Å². The highest BCUT2D eigenvalue weighted by Crippen LogP contribution is 2.24. The maximum atomic E-state index is 13.7. The molecule has 4 heteroatoms. The van der Waals surface area contributed by atoms with Crippen LogP contribution in [-0.4, -0.2) is 11.5 Å². The van der Waals surface area contributed by atoms with E-state index in [0.717, 1.165) is 17.8 Å². The first-order valence-corrected chi connectivity index (χ1v) is 5.97. The number of hydrogen-bond acceptors (Lipinski definition) is 2. The van der Waals surface area contributed by atoms with Crippen molar-refractivity contribution in [3.8, 4) is 0 Å². The van der Waals surface area contributed by atoms with Gasteiger partial charge >= 0.3 is 0 Å². The molecule has 2 aromatic rings. The lowest BCUT2D eigenvalue weighted by atomic mass is 10.0. The van der Waals surface area contributed by atoms with Crippen molar-refractivity contribution >= 4 is 10.9 Å². The Morgan fingerprint density at radius 1 is 1.28 bits per heavy atom. The molecule has 0 fully saturated rings. The SMILES string of the molecule is Cc1cc(CC(C)CN)nc2c(F)ccc(F)c12. The quantitative estimate of drug-likeness (QED) is 0.909. The van der Waals surface area contributed by atoms with Crippen LogP contribution in [0.5, 0.6) is 0 Å². The van der Waals surface area contributed by atoms with Gasteiger partial charge in [-0.05, 0) is 49.6 Å². The summed E-state index contributed by atoms with van der Waals surface area (Å²) in [4.78, 5) is 4.21. The van der Waals surface area contributed by atoms with Crippen LogP contribution in [0.1, 0.15) is 18.2 Å². The van der Waals surface area contributed by atoms with Gasteiger partial charge in [0, 0.05) is 11.1 Å². The smallest absolute Gasteiger partial charge is 0.149 e. The molecule has 0 aliphatic carbocycles. The molecule has 2 rings (SSSR count). The minimum Gasteiger partial charge on any atom is -0.330 e. The average Bonchev–Trinajstić information content (AvgIpc) is 2.33. The molecule has 0 saturated carbocycles. The van der Waals surface area contributed by atoms with Gasteiger partial charge in [0.1, 0.15) is 17.2 Å². The molecule has 2 N–H and O–H groups in total. The van der Waals surface area contributed by atoms with E-state index in [0.29, 0.717) is 18.5 Å². The van der Waals surface area contributed by atoms with E-state index in [2.05, 4.69) is 4.98 Å². The maximum Gasteiger partial charge on any atom is 0.149 e. The number of halogens is 2. The lowest BCUT2D eigenvalue weighted by molar-refractivity contribution is 0.582. The maximum absolute atomic E-state index is 13.7. The summed E-state index contributed by atoms with van der Waals surface area (Å²) in [5.74, 6) is -0.655. The summed E-state index contributed by atoms with van der Waals surface area (Å²) in [7, 11) is 0. The molecule has 1 aromatic carbocycles. The van der Waals surface area contributed by atoms with Crippen molar-refractivity contribution in [1.29, 1.82) is 0 Å². The monoisotopic (exact) mass is 250 g/mol. The second-order valence-electron chi connectivity index (χ2n) is 4.73. The Morgan fingerprint density at radius 3 is 2.61 bits per heavy atom. The predicted molar refractivity (Wildman–Crippen MR) is 68.3 cm³/mol. The van der Waals surface area contributed by atoms with Crippen molar-refractivity contribution in [3.05, 3.63) is 41.1 Å². The van der Waals surface area contributed by atoms with Crippen LogP contribution >= 0.6 is 0 Å². The van der Waals surface area contributed by atoms with E-state index >= 15 is 0 Å². The number of nitrogens with two attached hydrogens (primary N) is 1. The van der Waals surface area contributed by atoms with Crippen LogP contribution in [0.3, 0.4) is 0 Å². The van der Waals surface area contributed by atoms with Crippen molar-refractivity contribution in [2.75, 3.05) is 6.54 Å². The molecular weight excluding hydrogens is 234 g/mol. The molecular formula is C14H16F2N2. The first kappa shape index (κ1) is 12.9. The zero-order valence-corrected chi connectivity index (χ0v) is 10.5. The van der Waals surface area contributed by atoms with E-state index in [-0.39, 0.29) is 16.8 Å². The molecule has 0 bridgehead atoms. The summed E-state index contributed by atoms with van der Waals surface area (Å²) in [6.07, 6.45) is 0.670. The number of hydrogen-bond donors (Lipinski definition) is 1. The highest BCUT2D eigenvalue weighted by molar-refractivity contribution is 5.83. The van der Waals surface area contributed by atoms with Crippen LogP contribution in [0.4, 0.5) is 8.78 Å². The molecule has 0 saturated heterocycles. The van der Waals surface area contributed by atoms with Gasteiger partial charge in [0.25, 0.3) is 0 Å². The molecule has 18 heavy (non-hydrogen) atoms. The third-order valence-corrected chi connectivity index (χ3v) is 3.07. The standard InChI is InChI=1S/C14H16F2N2/c1-8(7-17)5-10-6-9(2)13-11(15)3-4-12(16)14(13)18-10/h3-4,6,8H,5,7,17H2,1-2H3. The first-order valence-electron chi connectivity index (χ1n) is 5.97. The van der Waals surface area contributed by atoms with Gasteiger partial charge in [-0.15, -0.1) is 0 Å². The zero-order chi connectivity index (χ0) is 13.3. The van der Waals surface area contributed by atoms with Gasteiger partial charge in [-0.25, -0.2) is 13.8 Å². The fraction of sp³-hybridized carbons (Fsp3) is 0.357. The Bertz CT molecular complexity index is 582. The van der Waals surface area contributed by atoms with E-state index < -0.39 is 11.6 Å². The molecule has 0 radical (unpaired) electrons. The molecule has 1 unspecified atom stereocenters. The highest BCUT2D eigenvalue weighted by atomic mass is 19.1. The number of pyridine rings is 1. The molecule has 1 heterocycles. The van der Waals surface area contributed by atoms with Gasteiger partial charge in [0.05, 0.1) is 0 Å². The van der Waals surface area contributed by atoms with Gasteiger partial charge in [0.2, 0.25) is 0 Å². The Morgan fingerprint density at radius 2 is 1.94 bits per heavy atom. The fourth-order valence-corrected chi connectivity index (χ4v) is 2.07. The number of fused-ring (bicyclic) bond motifs is 1. The molecule has 96 valence electrons. The summed E-state index contributed by atoms with van der Waals surface area (Å²) in [6, 6.07) is 4.05. The number of benzene rings is 1. The van der Waals surface area contributed by atoms with Crippen molar-refractivity contribution in [3.63, 3.8) is 0 Å². The number of rotatable bonds is 3. The van der Waals surface area contributed by atoms with Crippen LogP contribution in [-0.2, 0) is 6.42 Å². The Labute approximate surface area is 105 Å². The van der Waals surface area contributed by atoms with Crippen LogP contribution in [0, 0.1) is 24.5 Å². The van der Waals surface area contributed by atoms with Crippen LogP contribution in [0.15, 0.2) is 18.2 Å². The second kappa shape index (κ2) is 4.98. The van der Waals surface area contributed by atoms with Gasteiger partial charge in [-0.3, -0.25) is 0 Å². The van der Waals surface area contributed by atoms with Gasteiger partial charge in [-0.2, -0.15) is 0 Å². The van der Waals surface area contributed by atoms with Gasteiger partial charge in [0.15, 0.2) is 0 Å². The second-order valence-corrected chi connectivity index (χ2v) is 4.73. The van der Waals surface area contributed by atoms with Gasteiger partial charge in [-0.1, -0.05) is 6.92 Å². The number of aryl methyl sites for hydroxylation is 1. The summed E-state index contributed by atoms with van der Waals surface area (Å²) < 4.78 is 27.4. The highest BCUT2D eigenvalue weighted by Gasteiger charge is 2.12. The molecule has 1 aromatic heterocycles. The third kappa shape index (κ3) is 2.34. The summed E-state index contributed by atoms with van der Waals surface area (Å²) in [5, 5.41) is 0.263. The number of nitrogens with zero attached hydrogens (tertiary/aromatic N) is 1. The third-order valence-electron chi connectivity index (χ3n) is 3.07. The molecule has 0 spiro atoms. The van der Waals surface area contributed by atoms with Crippen molar-refractivity contribution in [1.82, 2.24) is 4.98 Å². The number of aromatic nitrogens is 1. The van der Waals surface area contributed by atoms with Crippen molar-refractivity contribution in [2.45, 2.75) is 20.3 Å². The molecule has 2 nitrogen and oxygen atoms in total.